The molecule has 10 heteroatoms. The second-order valence-corrected chi connectivity index (χ2v) is 9.00. The first kappa shape index (κ1) is 30.9. The molecule has 0 saturated carbocycles. The Bertz CT molecular complexity index is 1270. The fraction of sp³-hybridized carbons (Fsp3) is 0.379. The van der Waals surface area contributed by atoms with Gasteiger partial charge in [0.1, 0.15) is 5.69 Å². The molecule has 1 aromatic heterocycles. The molecule has 0 aliphatic heterocycles. The molecule has 0 spiro atoms. The van der Waals surface area contributed by atoms with E-state index in [1.54, 1.807) is 25.1 Å². The van der Waals surface area contributed by atoms with Gasteiger partial charge in [-0.3, -0.25) is 24.4 Å². The number of carbonyl (C=O) groups is 4. The molecule has 0 bridgehead atoms. The summed E-state index contributed by atoms with van der Waals surface area (Å²) in [5, 5.41) is 0. The normalized spacial score (nSPS) is 11.6. The lowest BCUT2D eigenvalue weighted by molar-refractivity contribution is -0.179. The molecule has 0 radical (unpaired) electrons. The number of benzene rings is 1. The standard InChI is InChI=1S/C29H34N2O8/c1-9-13-29(14-10-2,27-19(5)30-17(3)18(4)31-27)39-28(35)26(38-22(8)34)16-23-11-12-24(36-20(6)32)25(15-23)37-21(7)33/h9-12,15,26H,1-2,13-14,16H2,3-8H3/t26-/m1/s1. The van der Waals surface area contributed by atoms with Gasteiger partial charge < -0.3 is 18.9 Å². The lowest BCUT2D eigenvalue weighted by Gasteiger charge is -2.34. The third-order valence-electron chi connectivity index (χ3n) is 5.66. The Kier molecular flexibility index (Phi) is 10.7. The van der Waals surface area contributed by atoms with Gasteiger partial charge in [0.15, 0.2) is 17.1 Å². The molecule has 39 heavy (non-hydrogen) atoms. The van der Waals surface area contributed by atoms with Gasteiger partial charge in [-0.05, 0) is 38.5 Å². The van der Waals surface area contributed by atoms with Crippen molar-refractivity contribution in [3.05, 3.63) is 71.8 Å². The largest absolute Gasteiger partial charge is 0.450 e. The van der Waals surface area contributed by atoms with Crippen molar-refractivity contribution in [3.63, 3.8) is 0 Å². The molecule has 2 aromatic rings. The van der Waals surface area contributed by atoms with Gasteiger partial charge in [0.25, 0.3) is 0 Å². The Balaban J connectivity index is 2.51. The minimum atomic E-state index is -1.36. The molecule has 1 heterocycles. The molecule has 1 aromatic carbocycles. The number of nitrogens with zero attached hydrogens (tertiary/aromatic N) is 2. The predicted octanol–water partition coefficient (Wildman–Crippen LogP) is 4.32. The maximum Gasteiger partial charge on any atom is 0.348 e. The molecular formula is C29H34N2O8. The second kappa shape index (κ2) is 13.5. The Morgan fingerprint density at radius 3 is 1.95 bits per heavy atom. The number of carbonyl (C=O) groups excluding carboxylic acids is 4. The van der Waals surface area contributed by atoms with E-state index in [2.05, 4.69) is 23.1 Å². The maximum absolute atomic E-state index is 13.6. The SMILES string of the molecule is C=CCC(CC=C)(OC(=O)[C@@H](Cc1ccc(OC(C)=O)c(OC(C)=O)c1)OC(C)=O)c1nc(C)c(C)nc1C. The molecule has 0 saturated heterocycles. The quantitative estimate of drug-likeness (QED) is 0.219. The minimum absolute atomic E-state index is 0.0211. The lowest BCUT2D eigenvalue weighted by Crippen LogP contribution is -2.40. The van der Waals surface area contributed by atoms with Gasteiger partial charge in [0, 0.05) is 40.0 Å². The monoisotopic (exact) mass is 538 g/mol. The summed E-state index contributed by atoms with van der Waals surface area (Å²) in [6.07, 6.45) is 2.12. The van der Waals surface area contributed by atoms with Gasteiger partial charge in [-0.15, -0.1) is 13.2 Å². The topological polar surface area (TPSA) is 131 Å². The molecule has 208 valence electrons. The fourth-order valence-corrected chi connectivity index (χ4v) is 4.02. The highest BCUT2D eigenvalue weighted by molar-refractivity contribution is 5.80. The smallest absolute Gasteiger partial charge is 0.348 e. The van der Waals surface area contributed by atoms with Crippen molar-refractivity contribution in [2.75, 3.05) is 0 Å². The van der Waals surface area contributed by atoms with E-state index < -0.39 is 35.6 Å². The fourth-order valence-electron chi connectivity index (χ4n) is 4.02. The van der Waals surface area contributed by atoms with E-state index in [0.29, 0.717) is 22.6 Å². The summed E-state index contributed by atoms with van der Waals surface area (Å²) < 4.78 is 21.7. The predicted molar refractivity (Wildman–Crippen MR) is 142 cm³/mol. The number of rotatable bonds is 12. The van der Waals surface area contributed by atoms with E-state index in [1.807, 2.05) is 13.8 Å². The number of hydrogen-bond acceptors (Lipinski definition) is 10. The van der Waals surface area contributed by atoms with Crippen LogP contribution in [0.15, 0.2) is 43.5 Å². The van der Waals surface area contributed by atoms with Crippen LogP contribution >= 0.6 is 0 Å². The number of esters is 4. The van der Waals surface area contributed by atoms with Crippen LogP contribution in [-0.4, -0.2) is 39.9 Å². The second-order valence-electron chi connectivity index (χ2n) is 9.00. The van der Waals surface area contributed by atoms with Gasteiger partial charge in [-0.2, -0.15) is 0 Å². The third-order valence-corrected chi connectivity index (χ3v) is 5.66. The highest BCUT2D eigenvalue weighted by Gasteiger charge is 2.40. The van der Waals surface area contributed by atoms with E-state index in [9.17, 15) is 19.2 Å². The van der Waals surface area contributed by atoms with Crippen LogP contribution in [0.25, 0.3) is 0 Å². The number of hydrogen-bond donors (Lipinski definition) is 0. The highest BCUT2D eigenvalue weighted by atomic mass is 16.6. The highest BCUT2D eigenvalue weighted by Crippen LogP contribution is 2.36. The summed E-state index contributed by atoms with van der Waals surface area (Å²) in [4.78, 5) is 57.8. The van der Waals surface area contributed by atoms with E-state index in [1.165, 1.54) is 32.9 Å². The van der Waals surface area contributed by atoms with Gasteiger partial charge in [0.05, 0.1) is 17.1 Å². The summed E-state index contributed by atoms with van der Waals surface area (Å²) in [6, 6.07) is 4.39. The Morgan fingerprint density at radius 2 is 1.41 bits per heavy atom. The molecule has 0 N–H and O–H groups in total. The van der Waals surface area contributed by atoms with Gasteiger partial charge in [0.2, 0.25) is 6.10 Å². The van der Waals surface area contributed by atoms with Crippen molar-refractivity contribution < 1.29 is 38.1 Å². The average Bonchev–Trinajstić information content (AvgIpc) is 2.82. The Morgan fingerprint density at radius 1 is 0.846 bits per heavy atom. The first-order valence-corrected chi connectivity index (χ1v) is 12.3. The Labute approximate surface area is 228 Å². The van der Waals surface area contributed by atoms with Crippen molar-refractivity contribution >= 4 is 23.9 Å². The number of aryl methyl sites for hydroxylation is 3. The van der Waals surface area contributed by atoms with Crippen molar-refractivity contribution in [1.29, 1.82) is 0 Å². The van der Waals surface area contributed by atoms with E-state index in [0.717, 1.165) is 5.69 Å². The number of ether oxygens (including phenoxy) is 4. The zero-order valence-electron chi connectivity index (χ0n) is 23.2. The molecular weight excluding hydrogens is 504 g/mol. The molecule has 1 atom stereocenters. The van der Waals surface area contributed by atoms with Crippen LogP contribution in [0.3, 0.4) is 0 Å². The maximum atomic E-state index is 13.6. The van der Waals surface area contributed by atoms with Crippen molar-refractivity contribution in [1.82, 2.24) is 9.97 Å². The zero-order valence-corrected chi connectivity index (χ0v) is 23.2. The van der Waals surface area contributed by atoms with Gasteiger partial charge >= 0.3 is 23.9 Å². The van der Waals surface area contributed by atoms with Crippen molar-refractivity contribution in [2.45, 2.75) is 72.5 Å². The zero-order chi connectivity index (χ0) is 29.3. The number of aromatic nitrogens is 2. The van der Waals surface area contributed by atoms with Crippen LogP contribution in [-0.2, 0) is 40.7 Å². The van der Waals surface area contributed by atoms with Crippen LogP contribution in [0.4, 0.5) is 0 Å². The summed E-state index contributed by atoms with van der Waals surface area (Å²) in [7, 11) is 0. The van der Waals surface area contributed by atoms with Crippen LogP contribution in [0.1, 0.15) is 62.0 Å². The van der Waals surface area contributed by atoms with Crippen LogP contribution in [0.2, 0.25) is 0 Å². The van der Waals surface area contributed by atoms with E-state index >= 15 is 0 Å². The summed E-state index contributed by atoms with van der Waals surface area (Å²) in [5.41, 5.74) is 1.59. The molecule has 0 aliphatic carbocycles. The van der Waals surface area contributed by atoms with Crippen molar-refractivity contribution in [3.8, 4) is 11.5 Å². The summed E-state index contributed by atoms with van der Waals surface area (Å²) in [6.45, 7) is 16.6. The van der Waals surface area contributed by atoms with Crippen LogP contribution in [0.5, 0.6) is 11.5 Å². The first-order chi connectivity index (χ1) is 18.3. The minimum Gasteiger partial charge on any atom is -0.450 e. The van der Waals surface area contributed by atoms with Crippen LogP contribution < -0.4 is 9.47 Å². The van der Waals surface area contributed by atoms with E-state index in [-0.39, 0.29) is 30.8 Å². The van der Waals surface area contributed by atoms with Gasteiger partial charge in [-0.1, -0.05) is 18.2 Å². The van der Waals surface area contributed by atoms with Crippen LogP contribution in [0, 0.1) is 20.8 Å². The molecule has 0 amide bonds. The van der Waals surface area contributed by atoms with E-state index in [4.69, 9.17) is 18.9 Å². The van der Waals surface area contributed by atoms with Gasteiger partial charge in [-0.25, -0.2) is 4.79 Å². The molecule has 0 aliphatic rings. The molecule has 0 fully saturated rings. The first-order valence-electron chi connectivity index (χ1n) is 12.3. The Hall–Kier alpha value is -4.34. The average molecular weight is 539 g/mol. The molecule has 10 nitrogen and oxygen atoms in total. The third kappa shape index (κ3) is 8.33. The molecule has 2 rings (SSSR count). The summed E-state index contributed by atoms with van der Waals surface area (Å²) in [5.74, 6) is -2.78. The molecule has 0 unspecified atom stereocenters. The van der Waals surface area contributed by atoms with Crippen molar-refractivity contribution in [2.24, 2.45) is 0 Å². The summed E-state index contributed by atoms with van der Waals surface area (Å²) >= 11 is 0. The lowest BCUT2D eigenvalue weighted by atomic mass is 9.89.